The lowest BCUT2D eigenvalue weighted by atomic mass is 10.3. The summed E-state index contributed by atoms with van der Waals surface area (Å²) in [6.45, 7) is 0. The lowest BCUT2D eigenvalue weighted by Crippen LogP contribution is -1.80. The van der Waals surface area contributed by atoms with E-state index >= 15 is 0 Å². The smallest absolute Gasteiger partial charge is 0.206 e. The second kappa shape index (κ2) is 2.93. The molecule has 2 nitrogen and oxygen atoms in total. The summed E-state index contributed by atoms with van der Waals surface area (Å²) in [5.41, 5.74) is -0.293. The van der Waals surface area contributed by atoms with Gasteiger partial charge in [0.1, 0.15) is 5.82 Å². The maximum atomic E-state index is 12.5. The summed E-state index contributed by atoms with van der Waals surface area (Å²) in [7, 11) is 0. The van der Waals surface area contributed by atoms with Crippen molar-refractivity contribution in [2.75, 3.05) is 0 Å². The first-order chi connectivity index (χ1) is 5.15. The van der Waals surface area contributed by atoms with Gasteiger partial charge in [-0.1, -0.05) is 0 Å². The van der Waals surface area contributed by atoms with Gasteiger partial charge in [0, 0.05) is 6.07 Å². The van der Waals surface area contributed by atoms with Crippen LogP contribution in [0.5, 0.6) is 0 Å². The summed E-state index contributed by atoms with van der Waals surface area (Å²) in [6, 6.07) is 1.68. The number of halogens is 3. The van der Waals surface area contributed by atoms with Gasteiger partial charge in [0.05, 0.1) is 10.5 Å². The zero-order valence-electron chi connectivity index (χ0n) is 5.18. The molecule has 5 heteroatoms. The SMILES string of the molecule is N#[N+]c1cc(Br)c(F)cc1F. The number of rotatable bonds is 0. The number of hydrogen-bond donors (Lipinski definition) is 0. The first kappa shape index (κ1) is 8.08. The van der Waals surface area contributed by atoms with Crippen LogP contribution in [-0.2, 0) is 0 Å². The largest absolute Gasteiger partial charge is 0.421 e. The monoisotopic (exact) mass is 219 g/mol. The average molecular weight is 220 g/mol. The highest BCUT2D eigenvalue weighted by Gasteiger charge is 2.16. The topological polar surface area (TPSA) is 28.1 Å². The molecular formula is C6H2BrF2N2+. The molecule has 0 atom stereocenters. The molecule has 0 unspecified atom stereocenters. The molecule has 0 aromatic heterocycles. The van der Waals surface area contributed by atoms with Crippen molar-refractivity contribution in [1.82, 2.24) is 0 Å². The minimum atomic E-state index is -0.895. The van der Waals surface area contributed by atoms with Gasteiger partial charge >= 0.3 is 5.69 Å². The molecule has 0 fully saturated rings. The summed E-state index contributed by atoms with van der Waals surface area (Å²) in [4.78, 5) is 2.60. The van der Waals surface area contributed by atoms with Crippen molar-refractivity contribution in [3.05, 3.63) is 33.2 Å². The minimum absolute atomic E-state index is 0.0618. The Bertz CT molecular complexity index is 332. The van der Waals surface area contributed by atoms with Gasteiger partial charge in [-0.25, -0.2) is 4.39 Å². The molecular weight excluding hydrogens is 218 g/mol. The zero-order chi connectivity index (χ0) is 8.43. The normalized spacial score (nSPS) is 9.27. The van der Waals surface area contributed by atoms with Crippen molar-refractivity contribution in [1.29, 1.82) is 5.39 Å². The first-order valence-corrected chi connectivity index (χ1v) is 3.44. The molecule has 0 bridgehead atoms. The van der Waals surface area contributed by atoms with Gasteiger partial charge in [-0.3, -0.25) is 0 Å². The fourth-order valence-electron chi connectivity index (χ4n) is 0.589. The molecule has 0 aliphatic rings. The third-order valence-electron chi connectivity index (χ3n) is 1.10. The van der Waals surface area contributed by atoms with Crippen LogP contribution in [0, 0.1) is 17.0 Å². The van der Waals surface area contributed by atoms with E-state index < -0.39 is 11.6 Å². The van der Waals surface area contributed by atoms with E-state index in [-0.39, 0.29) is 10.2 Å². The van der Waals surface area contributed by atoms with Gasteiger partial charge in [-0.2, -0.15) is 4.39 Å². The molecule has 1 rings (SSSR count). The Hall–Kier alpha value is -1.02. The van der Waals surface area contributed by atoms with E-state index in [1.165, 1.54) is 0 Å². The Morgan fingerprint density at radius 1 is 1.27 bits per heavy atom. The minimum Gasteiger partial charge on any atom is -0.206 e. The van der Waals surface area contributed by atoms with Gasteiger partial charge in [-0.05, 0) is 15.9 Å². The second-order valence-corrected chi connectivity index (χ2v) is 2.67. The van der Waals surface area contributed by atoms with Crippen LogP contribution in [0.2, 0.25) is 0 Å². The fraction of sp³-hybridized carbons (Fsp3) is 0. The number of hydrogen-bond acceptors (Lipinski definition) is 1. The van der Waals surface area contributed by atoms with Crippen LogP contribution >= 0.6 is 15.9 Å². The molecule has 1 aromatic rings. The summed E-state index contributed by atoms with van der Waals surface area (Å²) < 4.78 is 25.1. The van der Waals surface area contributed by atoms with Gasteiger partial charge in [0.15, 0.2) is 4.98 Å². The van der Waals surface area contributed by atoms with Crippen molar-refractivity contribution < 1.29 is 8.78 Å². The van der Waals surface area contributed by atoms with Crippen LogP contribution in [-0.4, -0.2) is 0 Å². The third-order valence-corrected chi connectivity index (χ3v) is 1.71. The van der Waals surface area contributed by atoms with E-state index in [2.05, 4.69) is 20.9 Å². The Balaban J connectivity index is 3.35. The Labute approximate surface area is 69.6 Å². The van der Waals surface area contributed by atoms with E-state index in [0.29, 0.717) is 6.07 Å². The van der Waals surface area contributed by atoms with E-state index in [4.69, 9.17) is 5.39 Å². The Morgan fingerprint density at radius 2 is 1.91 bits per heavy atom. The van der Waals surface area contributed by atoms with Crippen LogP contribution in [0.1, 0.15) is 0 Å². The lowest BCUT2D eigenvalue weighted by molar-refractivity contribution is 0.582. The highest BCUT2D eigenvalue weighted by Crippen LogP contribution is 2.25. The first-order valence-electron chi connectivity index (χ1n) is 2.65. The van der Waals surface area contributed by atoms with Gasteiger partial charge in [0.2, 0.25) is 11.2 Å². The number of diazo groups is 1. The number of nitrogens with zero attached hydrogens (tertiary/aromatic N) is 2. The van der Waals surface area contributed by atoms with Gasteiger partial charge < -0.3 is 0 Å². The van der Waals surface area contributed by atoms with Crippen LogP contribution in [0.25, 0.3) is 4.98 Å². The fourth-order valence-corrected chi connectivity index (χ4v) is 0.920. The molecule has 0 heterocycles. The Kier molecular flexibility index (Phi) is 2.15. The van der Waals surface area contributed by atoms with Crippen LogP contribution in [0.15, 0.2) is 16.6 Å². The van der Waals surface area contributed by atoms with Crippen molar-refractivity contribution in [3.63, 3.8) is 0 Å². The van der Waals surface area contributed by atoms with E-state index in [9.17, 15) is 8.78 Å². The van der Waals surface area contributed by atoms with Gasteiger partial charge in [-0.15, -0.1) is 0 Å². The van der Waals surface area contributed by atoms with Crippen molar-refractivity contribution >= 4 is 21.6 Å². The summed E-state index contributed by atoms with van der Waals surface area (Å²) >= 11 is 2.81. The quantitative estimate of drug-likeness (QED) is 0.487. The molecule has 0 radical (unpaired) electrons. The van der Waals surface area contributed by atoms with Crippen LogP contribution < -0.4 is 0 Å². The third kappa shape index (κ3) is 1.52. The second-order valence-electron chi connectivity index (χ2n) is 1.82. The zero-order valence-corrected chi connectivity index (χ0v) is 6.77. The maximum absolute atomic E-state index is 12.5. The van der Waals surface area contributed by atoms with Crippen molar-refractivity contribution in [2.45, 2.75) is 0 Å². The van der Waals surface area contributed by atoms with Crippen molar-refractivity contribution in [2.24, 2.45) is 0 Å². The molecule has 0 aliphatic carbocycles. The molecule has 0 N–H and O–H groups in total. The highest BCUT2D eigenvalue weighted by molar-refractivity contribution is 9.10. The summed E-state index contributed by atoms with van der Waals surface area (Å²) in [5, 5.41) is 8.18. The summed E-state index contributed by atoms with van der Waals surface area (Å²) in [6.07, 6.45) is 0. The molecule has 56 valence electrons. The lowest BCUT2D eigenvalue weighted by Gasteiger charge is -1.88. The molecule has 1 aromatic carbocycles. The maximum Gasteiger partial charge on any atom is 0.421 e. The molecule has 11 heavy (non-hydrogen) atoms. The van der Waals surface area contributed by atoms with E-state index in [1.807, 2.05) is 0 Å². The summed E-state index contributed by atoms with van der Waals surface area (Å²) in [5.74, 6) is -1.62. The molecule has 0 amide bonds. The predicted octanol–water partition coefficient (Wildman–Crippen LogP) is 3.21. The van der Waals surface area contributed by atoms with Crippen LogP contribution in [0.3, 0.4) is 0 Å². The average Bonchev–Trinajstić information content (AvgIpc) is 1.97. The standard InChI is InChI=1S/C6H2BrF2N2/c7-3-1-6(11-10)5(9)2-4(3)8/h1-2H/q+1. The molecule has 0 saturated heterocycles. The highest BCUT2D eigenvalue weighted by atomic mass is 79.9. The van der Waals surface area contributed by atoms with Crippen LogP contribution in [0.4, 0.5) is 14.5 Å². The predicted molar refractivity (Wildman–Crippen MR) is 38.8 cm³/mol. The molecule has 0 spiro atoms. The van der Waals surface area contributed by atoms with E-state index in [1.54, 1.807) is 0 Å². The number of benzene rings is 1. The Morgan fingerprint density at radius 3 is 2.45 bits per heavy atom. The van der Waals surface area contributed by atoms with Gasteiger partial charge in [0.25, 0.3) is 0 Å². The molecule has 0 aliphatic heterocycles. The van der Waals surface area contributed by atoms with E-state index in [0.717, 1.165) is 6.07 Å². The van der Waals surface area contributed by atoms with Crippen molar-refractivity contribution in [3.8, 4) is 0 Å². The molecule has 0 saturated carbocycles.